The Morgan fingerprint density at radius 3 is 2.60 bits per heavy atom. The third-order valence-corrected chi connectivity index (χ3v) is 6.92. The van der Waals surface area contributed by atoms with Crippen LogP contribution in [0.3, 0.4) is 0 Å². The maximum atomic E-state index is 6.27. The first kappa shape index (κ1) is 14.5. The van der Waals surface area contributed by atoms with Gasteiger partial charge >= 0.3 is 0 Å². The lowest BCUT2D eigenvalue weighted by atomic mass is 9.80. The number of hydrogen-bond acceptors (Lipinski definition) is 4. The summed E-state index contributed by atoms with van der Waals surface area (Å²) in [4.78, 5) is 6.61. The van der Waals surface area contributed by atoms with Crippen LogP contribution in [0.4, 0.5) is 0 Å². The van der Waals surface area contributed by atoms with Crippen LogP contribution in [0.2, 0.25) is 0 Å². The molecule has 0 spiro atoms. The van der Waals surface area contributed by atoms with E-state index < -0.39 is 0 Å². The normalized spacial score (nSPS) is 35.6. The number of hydrogen-bond donors (Lipinski definition) is 1. The summed E-state index contributed by atoms with van der Waals surface area (Å²) in [5.41, 5.74) is 6.45. The summed E-state index contributed by atoms with van der Waals surface area (Å²) in [6, 6.07) is 6.32. The zero-order chi connectivity index (χ0) is 14.3. The standard InChI is InChI=1S/C16H27N3S/c1-12(15-5-4-8-20-15)19(3)16(11-17)9-13-6-7-14(10-16)18(13)2/h4-5,8,12-14H,6-7,9-11,17H2,1-3H3. The Labute approximate surface area is 126 Å². The Kier molecular flexibility index (Phi) is 3.93. The first-order valence-corrected chi connectivity index (χ1v) is 8.64. The van der Waals surface area contributed by atoms with Gasteiger partial charge in [0.25, 0.3) is 0 Å². The smallest absolute Gasteiger partial charge is 0.0416 e. The fourth-order valence-electron chi connectivity index (χ4n) is 4.27. The first-order valence-electron chi connectivity index (χ1n) is 7.76. The van der Waals surface area contributed by atoms with Gasteiger partial charge in [0.1, 0.15) is 0 Å². The van der Waals surface area contributed by atoms with Crippen LogP contribution in [0, 0.1) is 0 Å². The van der Waals surface area contributed by atoms with Gasteiger partial charge in [0.15, 0.2) is 0 Å². The lowest BCUT2D eigenvalue weighted by molar-refractivity contribution is -0.00360. The maximum absolute atomic E-state index is 6.27. The summed E-state index contributed by atoms with van der Waals surface area (Å²) in [7, 11) is 4.58. The van der Waals surface area contributed by atoms with Gasteiger partial charge in [-0.3, -0.25) is 4.90 Å². The third-order valence-electron chi connectivity index (χ3n) is 5.88. The molecule has 0 amide bonds. The van der Waals surface area contributed by atoms with Crippen molar-refractivity contribution in [2.45, 2.75) is 56.3 Å². The molecule has 112 valence electrons. The van der Waals surface area contributed by atoms with Gasteiger partial charge in [-0.25, -0.2) is 0 Å². The highest BCUT2D eigenvalue weighted by Gasteiger charge is 2.49. The summed E-state index contributed by atoms with van der Waals surface area (Å²) < 4.78 is 0. The molecule has 0 aromatic carbocycles. The van der Waals surface area contributed by atoms with E-state index in [1.54, 1.807) is 0 Å². The minimum Gasteiger partial charge on any atom is -0.329 e. The summed E-state index contributed by atoms with van der Waals surface area (Å²) in [5.74, 6) is 0. The Hall–Kier alpha value is -0.420. The van der Waals surface area contributed by atoms with Crippen LogP contribution in [0.1, 0.15) is 43.5 Å². The largest absolute Gasteiger partial charge is 0.329 e. The molecule has 0 saturated carbocycles. The molecule has 2 fully saturated rings. The first-order chi connectivity index (χ1) is 9.57. The second kappa shape index (κ2) is 5.41. The molecule has 2 bridgehead atoms. The zero-order valence-electron chi connectivity index (χ0n) is 12.9. The quantitative estimate of drug-likeness (QED) is 0.926. The molecule has 3 rings (SSSR count). The molecule has 1 aromatic rings. The lowest BCUT2D eigenvalue weighted by Crippen LogP contribution is -2.61. The van der Waals surface area contributed by atoms with E-state index in [4.69, 9.17) is 5.73 Å². The SMILES string of the molecule is CC(c1cccs1)N(C)C1(CN)CC2CCC(C1)N2C. The van der Waals surface area contributed by atoms with Gasteiger partial charge < -0.3 is 10.6 Å². The molecule has 2 saturated heterocycles. The molecule has 3 heterocycles. The van der Waals surface area contributed by atoms with E-state index in [-0.39, 0.29) is 5.54 Å². The van der Waals surface area contributed by atoms with Gasteiger partial charge in [-0.2, -0.15) is 0 Å². The predicted octanol–water partition coefficient (Wildman–Crippen LogP) is 2.70. The molecular weight excluding hydrogens is 266 g/mol. The van der Waals surface area contributed by atoms with Crippen molar-refractivity contribution in [3.8, 4) is 0 Å². The minimum absolute atomic E-state index is 0.182. The summed E-state index contributed by atoms with van der Waals surface area (Å²) in [6.07, 6.45) is 5.15. The fourth-order valence-corrected chi connectivity index (χ4v) is 5.10. The Morgan fingerprint density at radius 1 is 1.45 bits per heavy atom. The van der Waals surface area contributed by atoms with E-state index in [2.05, 4.69) is 48.3 Å². The molecule has 3 atom stereocenters. The van der Waals surface area contributed by atoms with Crippen molar-refractivity contribution in [3.05, 3.63) is 22.4 Å². The molecule has 0 aliphatic carbocycles. The monoisotopic (exact) mass is 293 g/mol. The van der Waals surface area contributed by atoms with Crippen molar-refractivity contribution < 1.29 is 0 Å². The average molecular weight is 293 g/mol. The highest BCUT2D eigenvalue weighted by molar-refractivity contribution is 7.10. The molecular formula is C16H27N3S. The summed E-state index contributed by atoms with van der Waals surface area (Å²) in [6.45, 7) is 3.10. The van der Waals surface area contributed by atoms with Gasteiger partial charge in [-0.05, 0) is 58.1 Å². The molecule has 4 heteroatoms. The van der Waals surface area contributed by atoms with Crippen molar-refractivity contribution in [2.24, 2.45) is 5.73 Å². The highest BCUT2D eigenvalue weighted by atomic mass is 32.1. The number of piperidine rings is 1. The minimum atomic E-state index is 0.182. The molecule has 3 nitrogen and oxygen atoms in total. The number of thiophene rings is 1. The van der Waals surface area contributed by atoms with Crippen LogP contribution >= 0.6 is 11.3 Å². The molecule has 2 N–H and O–H groups in total. The topological polar surface area (TPSA) is 32.5 Å². The zero-order valence-corrected chi connectivity index (χ0v) is 13.7. The molecule has 3 unspecified atom stereocenters. The number of nitrogens with two attached hydrogens (primary N) is 1. The van der Waals surface area contributed by atoms with Gasteiger partial charge in [-0.1, -0.05) is 6.07 Å². The predicted molar refractivity (Wildman–Crippen MR) is 86.1 cm³/mol. The second-order valence-electron chi connectivity index (χ2n) is 6.69. The van der Waals surface area contributed by atoms with Gasteiger partial charge in [-0.15, -0.1) is 11.3 Å². The second-order valence-corrected chi connectivity index (χ2v) is 7.67. The van der Waals surface area contributed by atoms with Crippen LogP contribution in [0.5, 0.6) is 0 Å². The van der Waals surface area contributed by atoms with E-state index >= 15 is 0 Å². The summed E-state index contributed by atoms with van der Waals surface area (Å²) >= 11 is 1.86. The van der Waals surface area contributed by atoms with Crippen LogP contribution in [-0.4, -0.2) is 48.1 Å². The molecule has 0 radical (unpaired) electrons. The Balaban J connectivity index is 1.82. The number of fused-ring (bicyclic) bond motifs is 2. The van der Waals surface area contributed by atoms with Gasteiger partial charge in [0, 0.05) is 35.1 Å². The average Bonchev–Trinajstić information content (AvgIpc) is 3.05. The van der Waals surface area contributed by atoms with E-state index in [1.165, 1.54) is 30.6 Å². The van der Waals surface area contributed by atoms with E-state index in [0.717, 1.165) is 18.6 Å². The molecule has 1 aromatic heterocycles. The molecule has 20 heavy (non-hydrogen) atoms. The van der Waals surface area contributed by atoms with E-state index in [0.29, 0.717) is 6.04 Å². The lowest BCUT2D eigenvalue weighted by Gasteiger charge is -2.51. The van der Waals surface area contributed by atoms with Crippen molar-refractivity contribution in [1.29, 1.82) is 0 Å². The van der Waals surface area contributed by atoms with Crippen LogP contribution in [0.25, 0.3) is 0 Å². The van der Waals surface area contributed by atoms with Crippen molar-refractivity contribution >= 4 is 11.3 Å². The summed E-state index contributed by atoms with van der Waals surface area (Å²) in [5, 5.41) is 2.17. The van der Waals surface area contributed by atoms with E-state index in [9.17, 15) is 0 Å². The van der Waals surface area contributed by atoms with Gasteiger partial charge in [0.2, 0.25) is 0 Å². The number of likely N-dealkylation sites (N-methyl/N-ethyl adjacent to an activating group) is 1. The van der Waals surface area contributed by atoms with Gasteiger partial charge in [0.05, 0.1) is 0 Å². The third kappa shape index (κ3) is 2.23. The van der Waals surface area contributed by atoms with Crippen molar-refractivity contribution in [3.63, 3.8) is 0 Å². The van der Waals surface area contributed by atoms with E-state index in [1.807, 2.05) is 11.3 Å². The highest BCUT2D eigenvalue weighted by Crippen LogP contribution is 2.44. The number of rotatable bonds is 4. The molecule has 2 aliphatic rings. The van der Waals surface area contributed by atoms with Crippen molar-refractivity contribution in [1.82, 2.24) is 9.80 Å². The maximum Gasteiger partial charge on any atom is 0.0416 e. The van der Waals surface area contributed by atoms with Crippen LogP contribution in [0.15, 0.2) is 17.5 Å². The van der Waals surface area contributed by atoms with Crippen LogP contribution in [-0.2, 0) is 0 Å². The Bertz CT molecular complexity index is 431. The van der Waals surface area contributed by atoms with Crippen LogP contribution < -0.4 is 5.73 Å². The molecule has 2 aliphatic heterocycles. The number of nitrogens with zero attached hydrogens (tertiary/aromatic N) is 2. The van der Waals surface area contributed by atoms with Crippen molar-refractivity contribution in [2.75, 3.05) is 20.6 Å². The fraction of sp³-hybridized carbons (Fsp3) is 0.750. The Morgan fingerprint density at radius 2 is 2.10 bits per heavy atom.